The number of hydrogen-bond acceptors (Lipinski definition) is 5. The van der Waals surface area contributed by atoms with Gasteiger partial charge in [-0.15, -0.1) is 0 Å². The predicted octanol–water partition coefficient (Wildman–Crippen LogP) is 4.20. The Bertz CT molecular complexity index is 1190. The van der Waals surface area contributed by atoms with Crippen molar-refractivity contribution in [2.24, 2.45) is 5.92 Å². The van der Waals surface area contributed by atoms with Gasteiger partial charge in [0.25, 0.3) is 11.8 Å². The number of rotatable bonds is 8. The number of furan rings is 2. The van der Waals surface area contributed by atoms with Crippen molar-refractivity contribution in [3.8, 4) is 11.3 Å². The van der Waals surface area contributed by atoms with Gasteiger partial charge in [-0.25, -0.2) is 0 Å². The van der Waals surface area contributed by atoms with Crippen LogP contribution in [-0.2, 0) is 11.3 Å². The van der Waals surface area contributed by atoms with Crippen LogP contribution < -0.4 is 16.0 Å². The van der Waals surface area contributed by atoms with E-state index in [9.17, 15) is 14.4 Å². The lowest BCUT2D eigenvalue weighted by Gasteiger charge is -2.29. The van der Waals surface area contributed by atoms with Crippen molar-refractivity contribution in [2.45, 2.75) is 51.6 Å². The molecule has 0 radical (unpaired) electrons. The summed E-state index contributed by atoms with van der Waals surface area (Å²) in [5, 5.41) is 8.40. The molecule has 2 heterocycles. The Morgan fingerprint density at radius 2 is 1.83 bits per heavy atom. The third-order valence-corrected chi connectivity index (χ3v) is 6.50. The Hall–Kier alpha value is -3.81. The molecule has 8 heteroatoms. The van der Waals surface area contributed by atoms with Crippen molar-refractivity contribution in [1.29, 1.82) is 0 Å². The third-order valence-electron chi connectivity index (χ3n) is 6.50. The fourth-order valence-corrected chi connectivity index (χ4v) is 4.55. The smallest absolute Gasteiger partial charge is 0.287 e. The molecule has 0 spiro atoms. The summed E-state index contributed by atoms with van der Waals surface area (Å²) in [6.45, 7) is 2.13. The number of amides is 3. The van der Waals surface area contributed by atoms with Gasteiger partial charge in [0.2, 0.25) is 5.91 Å². The zero-order valence-electron chi connectivity index (χ0n) is 20.1. The molecule has 3 aromatic rings. The summed E-state index contributed by atoms with van der Waals surface area (Å²) in [5.74, 6) is 0.226. The monoisotopic (exact) mass is 477 g/mol. The Labute approximate surface area is 204 Å². The lowest BCUT2D eigenvalue weighted by Crippen LogP contribution is -2.50. The van der Waals surface area contributed by atoms with E-state index >= 15 is 0 Å². The summed E-state index contributed by atoms with van der Waals surface area (Å²) in [6.07, 6.45) is 6.63. The van der Waals surface area contributed by atoms with E-state index in [1.165, 1.54) is 6.26 Å². The Kier molecular flexibility index (Phi) is 7.70. The van der Waals surface area contributed by atoms with Crippen LogP contribution in [0.5, 0.6) is 0 Å². The van der Waals surface area contributed by atoms with Gasteiger partial charge in [-0.05, 0) is 55.5 Å². The van der Waals surface area contributed by atoms with Crippen LogP contribution in [0.2, 0.25) is 0 Å². The van der Waals surface area contributed by atoms with Gasteiger partial charge in [-0.1, -0.05) is 37.5 Å². The van der Waals surface area contributed by atoms with Gasteiger partial charge in [-0.2, -0.15) is 0 Å². The summed E-state index contributed by atoms with van der Waals surface area (Å²) in [6, 6.07) is 12.0. The first kappa shape index (κ1) is 24.3. The van der Waals surface area contributed by atoms with Crippen LogP contribution in [0.1, 0.15) is 64.3 Å². The van der Waals surface area contributed by atoms with E-state index in [0.29, 0.717) is 18.1 Å². The first-order valence-corrected chi connectivity index (χ1v) is 12.0. The number of nitrogens with one attached hydrogen (secondary N) is 3. The SMILES string of the molecule is CNC(=O)[C@@H](NC(=O)c1ccc(-c2cccc(CNC(=O)c3occc3C)c2)o1)C1CCCCC1. The van der Waals surface area contributed by atoms with E-state index in [2.05, 4.69) is 16.0 Å². The number of aryl methyl sites for hydroxylation is 1. The molecule has 3 N–H and O–H groups in total. The number of hydrogen-bond donors (Lipinski definition) is 3. The summed E-state index contributed by atoms with van der Waals surface area (Å²) in [5.41, 5.74) is 2.43. The third kappa shape index (κ3) is 5.82. The number of likely N-dealkylation sites (N-methyl/N-ethyl adjacent to an activating group) is 1. The molecular weight excluding hydrogens is 446 g/mol. The fraction of sp³-hybridized carbons (Fsp3) is 0.370. The van der Waals surface area contributed by atoms with E-state index in [1.807, 2.05) is 31.2 Å². The standard InChI is InChI=1S/C27H31N3O5/c1-17-13-14-34-24(17)27(33)29-16-18-7-6-10-20(15-18)21-11-12-22(35-21)25(31)30-23(26(32)28-2)19-8-4-3-5-9-19/h6-7,10-15,19,23H,3-5,8-9,16H2,1-2H3,(H,28,32)(H,29,33)(H,30,31)/t23-/m0/s1. The molecule has 0 saturated heterocycles. The predicted molar refractivity (Wildman–Crippen MR) is 131 cm³/mol. The van der Waals surface area contributed by atoms with Gasteiger partial charge in [0.1, 0.15) is 11.8 Å². The minimum absolute atomic E-state index is 0.124. The summed E-state index contributed by atoms with van der Waals surface area (Å²) in [4.78, 5) is 37.7. The maximum absolute atomic E-state index is 12.9. The van der Waals surface area contributed by atoms with Gasteiger partial charge in [-0.3, -0.25) is 14.4 Å². The zero-order valence-corrected chi connectivity index (χ0v) is 20.1. The fourth-order valence-electron chi connectivity index (χ4n) is 4.55. The van der Waals surface area contributed by atoms with Crippen LogP contribution in [0, 0.1) is 12.8 Å². The van der Waals surface area contributed by atoms with Crippen LogP contribution in [0.4, 0.5) is 0 Å². The molecule has 3 amide bonds. The van der Waals surface area contributed by atoms with Gasteiger partial charge >= 0.3 is 0 Å². The van der Waals surface area contributed by atoms with Crippen molar-refractivity contribution in [2.75, 3.05) is 7.05 Å². The van der Waals surface area contributed by atoms with Crippen molar-refractivity contribution in [3.63, 3.8) is 0 Å². The van der Waals surface area contributed by atoms with Gasteiger partial charge in [0.15, 0.2) is 11.5 Å². The van der Waals surface area contributed by atoms with Crippen LogP contribution in [0.25, 0.3) is 11.3 Å². The first-order valence-electron chi connectivity index (χ1n) is 12.0. The zero-order chi connectivity index (χ0) is 24.8. The van der Waals surface area contributed by atoms with E-state index in [4.69, 9.17) is 8.83 Å². The molecule has 4 rings (SSSR count). The molecule has 0 aliphatic heterocycles. The van der Waals surface area contributed by atoms with Crippen molar-refractivity contribution >= 4 is 17.7 Å². The summed E-state index contributed by atoms with van der Waals surface area (Å²) < 4.78 is 11.1. The number of carbonyl (C=O) groups is 3. The highest BCUT2D eigenvalue weighted by Gasteiger charge is 2.31. The molecule has 1 aromatic carbocycles. The largest absolute Gasteiger partial charge is 0.459 e. The first-order chi connectivity index (χ1) is 17.0. The highest BCUT2D eigenvalue weighted by Crippen LogP contribution is 2.28. The molecule has 1 fully saturated rings. The minimum atomic E-state index is -0.578. The molecular formula is C27H31N3O5. The second-order valence-corrected chi connectivity index (χ2v) is 8.94. The normalized spacial score (nSPS) is 14.8. The molecule has 1 saturated carbocycles. The topological polar surface area (TPSA) is 114 Å². The average molecular weight is 478 g/mol. The van der Waals surface area contributed by atoms with Crippen molar-refractivity contribution < 1.29 is 23.2 Å². The Morgan fingerprint density at radius 1 is 1.03 bits per heavy atom. The Morgan fingerprint density at radius 3 is 2.54 bits per heavy atom. The van der Waals surface area contributed by atoms with E-state index in [1.54, 1.807) is 25.2 Å². The lowest BCUT2D eigenvalue weighted by atomic mass is 9.83. The molecule has 0 bridgehead atoms. The molecule has 1 atom stereocenters. The maximum atomic E-state index is 12.9. The van der Waals surface area contributed by atoms with Crippen LogP contribution in [0.15, 0.2) is 57.6 Å². The van der Waals surface area contributed by atoms with E-state index in [0.717, 1.165) is 48.8 Å². The maximum Gasteiger partial charge on any atom is 0.287 e. The quantitative estimate of drug-likeness (QED) is 0.450. The average Bonchev–Trinajstić information content (AvgIpc) is 3.55. The second kappa shape index (κ2) is 11.1. The lowest BCUT2D eigenvalue weighted by molar-refractivity contribution is -0.124. The second-order valence-electron chi connectivity index (χ2n) is 8.94. The van der Waals surface area contributed by atoms with Crippen LogP contribution in [0.3, 0.4) is 0 Å². The van der Waals surface area contributed by atoms with Gasteiger partial charge < -0.3 is 24.8 Å². The van der Waals surface area contributed by atoms with Crippen LogP contribution in [-0.4, -0.2) is 30.8 Å². The molecule has 1 aliphatic carbocycles. The molecule has 35 heavy (non-hydrogen) atoms. The molecule has 184 valence electrons. The van der Waals surface area contributed by atoms with Crippen molar-refractivity contribution in [1.82, 2.24) is 16.0 Å². The summed E-state index contributed by atoms with van der Waals surface area (Å²) in [7, 11) is 1.58. The van der Waals surface area contributed by atoms with E-state index < -0.39 is 11.9 Å². The highest BCUT2D eigenvalue weighted by atomic mass is 16.4. The highest BCUT2D eigenvalue weighted by molar-refractivity contribution is 5.96. The number of benzene rings is 1. The molecule has 8 nitrogen and oxygen atoms in total. The molecule has 2 aromatic heterocycles. The van der Waals surface area contributed by atoms with Gasteiger partial charge in [0.05, 0.1) is 6.26 Å². The molecule has 1 aliphatic rings. The molecule has 0 unspecified atom stereocenters. The van der Waals surface area contributed by atoms with Crippen molar-refractivity contribution in [3.05, 3.63) is 71.4 Å². The number of carbonyl (C=O) groups excluding carboxylic acids is 3. The van der Waals surface area contributed by atoms with Crippen LogP contribution >= 0.6 is 0 Å². The summed E-state index contributed by atoms with van der Waals surface area (Å²) >= 11 is 0. The Balaban J connectivity index is 1.42. The van der Waals surface area contributed by atoms with E-state index in [-0.39, 0.29) is 23.5 Å². The minimum Gasteiger partial charge on any atom is -0.459 e. The van der Waals surface area contributed by atoms with Gasteiger partial charge in [0, 0.05) is 24.7 Å².